The Morgan fingerprint density at radius 3 is 2.74 bits per heavy atom. The fraction of sp³-hybridized carbons (Fsp3) is 0.263. The molecule has 0 fully saturated rings. The third kappa shape index (κ3) is 4.44. The number of aliphatic imine (C=N–C) groups is 1. The molecule has 1 N–H and O–H groups in total. The Morgan fingerprint density at radius 2 is 2.07 bits per heavy atom. The molecule has 1 heterocycles. The maximum Gasteiger partial charge on any atom is 0.416 e. The van der Waals surface area contributed by atoms with Crippen molar-refractivity contribution in [2.45, 2.75) is 29.7 Å². The Bertz CT molecular complexity index is 896. The second-order valence-corrected chi connectivity index (χ2v) is 7.09. The monoisotopic (exact) mass is 395 g/mol. The molecule has 3 rings (SSSR count). The normalized spacial score (nSPS) is 16.9. The summed E-state index contributed by atoms with van der Waals surface area (Å²) in [5.41, 5.74) is 0.292. The summed E-state index contributed by atoms with van der Waals surface area (Å²) >= 11 is 1.12. The minimum atomic E-state index is -4.48. The van der Waals surface area contributed by atoms with Crippen molar-refractivity contribution in [3.8, 4) is 5.75 Å². The Hall–Kier alpha value is -2.48. The van der Waals surface area contributed by atoms with E-state index in [0.29, 0.717) is 28.7 Å². The van der Waals surface area contributed by atoms with E-state index in [4.69, 9.17) is 4.74 Å². The lowest BCUT2D eigenvalue weighted by atomic mass is 10.0. The van der Waals surface area contributed by atoms with Crippen molar-refractivity contribution in [2.75, 3.05) is 6.61 Å². The molecule has 2 aromatic carbocycles. The molecule has 2 aromatic rings. The van der Waals surface area contributed by atoms with Crippen LogP contribution in [0.1, 0.15) is 24.5 Å². The van der Waals surface area contributed by atoms with Crippen molar-refractivity contribution in [1.29, 1.82) is 0 Å². The van der Waals surface area contributed by atoms with Gasteiger partial charge in [-0.2, -0.15) is 13.2 Å². The van der Waals surface area contributed by atoms with Crippen LogP contribution in [0.25, 0.3) is 0 Å². The number of alkyl halides is 3. The summed E-state index contributed by atoms with van der Waals surface area (Å²) in [7, 11) is 0. The lowest BCUT2D eigenvalue weighted by Crippen LogP contribution is -2.20. The van der Waals surface area contributed by atoms with Crippen LogP contribution >= 0.6 is 11.8 Å². The number of rotatable bonds is 4. The number of carboxylic acid groups (broad SMARTS) is 1. The molecular formula is C19H16F3NO3S. The van der Waals surface area contributed by atoms with Crippen LogP contribution < -0.4 is 4.74 Å². The van der Waals surface area contributed by atoms with Crippen LogP contribution in [0.4, 0.5) is 18.9 Å². The number of thioether (sulfide) groups is 1. The number of fused-ring (bicyclic) bond motifs is 1. The second kappa shape index (κ2) is 7.64. The smallest absolute Gasteiger partial charge is 0.416 e. The lowest BCUT2D eigenvalue weighted by Gasteiger charge is -2.12. The minimum absolute atomic E-state index is 0.0138. The fourth-order valence-electron chi connectivity index (χ4n) is 2.69. The first-order valence-electron chi connectivity index (χ1n) is 8.19. The highest BCUT2D eigenvalue weighted by Gasteiger charge is 2.32. The van der Waals surface area contributed by atoms with Crippen LogP contribution in [-0.2, 0) is 11.0 Å². The van der Waals surface area contributed by atoms with E-state index in [1.165, 1.54) is 12.1 Å². The van der Waals surface area contributed by atoms with Gasteiger partial charge in [0.05, 0.1) is 23.6 Å². The zero-order chi connectivity index (χ0) is 19.6. The lowest BCUT2D eigenvalue weighted by molar-refractivity contribution is -0.138. The highest BCUT2D eigenvalue weighted by molar-refractivity contribution is 8.00. The SMILES string of the molecule is CCOc1ccc2c(c1)SC(C(=O)O)CC(c1cccc(C(F)(F)F)c1)=N2. The number of nitrogens with zero attached hydrogens (tertiary/aromatic N) is 1. The van der Waals surface area contributed by atoms with Crippen LogP contribution in [0.15, 0.2) is 52.4 Å². The van der Waals surface area contributed by atoms with E-state index >= 15 is 0 Å². The van der Waals surface area contributed by atoms with Crippen LogP contribution in [0.3, 0.4) is 0 Å². The predicted octanol–water partition coefficient (Wildman–Crippen LogP) is 5.17. The molecule has 0 spiro atoms. The Balaban J connectivity index is 2.07. The molecule has 4 nitrogen and oxygen atoms in total. The van der Waals surface area contributed by atoms with Gasteiger partial charge in [0.25, 0.3) is 0 Å². The van der Waals surface area contributed by atoms with E-state index < -0.39 is 23.0 Å². The average Bonchev–Trinajstić information content (AvgIpc) is 2.81. The minimum Gasteiger partial charge on any atom is -0.494 e. The molecule has 0 radical (unpaired) electrons. The van der Waals surface area contributed by atoms with E-state index in [2.05, 4.69) is 4.99 Å². The van der Waals surface area contributed by atoms with Gasteiger partial charge in [-0.15, -0.1) is 11.8 Å². The van der Waals surface area contributed by atoms with Gasteiger partial charge in [0.1, 0.15) is 11.0 Å². The quantitative estimate of drug-likeness (QED) is 0.776. The average molecular weight is 395 g/mol. The standard InChI is InChI=1S/C19H16F3NO3S/c1-2-26-13-6-7-14-16(9-13)27-17(18(24)25)10-15(23-14)11-4-3-5-12(8-11)19(20,21)22/h3-9,17H,2,10H2,1H3,(H,24,25). The highest BCUT2D eigenvalue weighted by atomic mass is 32.2. The van der Waals surface area contributed by atoms with Gasteiger partial charge in [-0.1, -0.05) is 12.1 Å². The number of hydrogen-bond acceptors (Lipinski definition) is 4. The topological polar surface area (TPSA) is 58.9 Å². The molecule has 142 valence electrons. The Kier molecular flexibility index (Phi) is 5.46. The summed E-state index contributed by atoms with van der Waals surface area (Å²) in [6, 6.07) is 9.89. The van der Waals surface area contributed by atoms with Crippen molar-refractivity contribution < 1.29 is 27.8 Å². The van der Waals surface area contributed by atoms with Gasteiger partial charge in [0.15, 0.2) is 0 Å². The van der Waals surface area contributed by atoms with Crippen LogP contribution in [0, 0.1) is 0 Å². The highest BCUT2D eigenvalue weighted by Crippen LogP contribution is 2.40. The third-order valence-electron chi connectivity index (χ3n) is 3.94. The summed E-state index contributed by atoms with van der Waals surface area (Å²) in [6.45, 7) is 2.30. The molecule has 1 unspecified atom stereocenters. The van der Waals surface area contributed by atoms with E-state index in [1.54, 1.807) is 18.2 Å². The number of ether oxygens (including phenoxy) is 1. The number of aliphatic carboxylic acids is 1. The maximum atomic E-state index is 13.0. The number of hydrogen-bond donors (Lipinski definition) is 1. The molecule has 0 bridgehead atoms. The summed E-state index contributed by atoms with van der Waals surface area (Å²) in [4.78, 5) is 16.7. The first-order chi connectivity index (χ1) is 12.8. The van der Waals surface area contributed by atoms with Gasteiger partial charge in [-0.05, 0) is 42.8 Å². The predicted molar refractivity (Wildman–Crippen MR) is 97.1 cm³/mol. The van der Waals surface area contributed by atoms with Gasteiger partial charge >= 0.3 is 12.1 Å². The van der Waals surface area contributed by atoms with Crippen molar-refractivity contribution in [1.82, 2.24) is 0 Å². The molecule has 1 aliphatic heterocycles. The fourth-order valence-corrected chi connectivity index (χ4v) is 3.76. The number of carboxylic acids is 1. The second-order valence-electron chi connectivity index (χ2n) is 5.85. The summed E-state index contributed by atoms with van der Waals surface area (Å²) < 4.78 is 44.5. The number of halogens is 3. The van der Waals surface area contributed by atoms with E-state index in [9.17, 15) is 23.1 Å². The molecule has 0 saturated heterocycles. The first-order valence-corrected chi connectivity index (χ1v) is 9.07. The van der Waals surface area contributed by atoms with Crippen molar-refractivity contribution >= 4 is 29.1 Å². The van der Waals surface area contributed by atoms with Gasteiger partial charge in [-0.3, -0.25) is 9.79 Å². The van der Waals surface area contributed by atoms with Crippen molar-refractivity contribution in [2.24, 2.45) is 4.99 Å². The number of benzene rings is 2. The Labute approximate surface area is 158 Å². The largest absolute Gasteiger partial charge is 0.494 e. The molecular weight excluding hydrogens is 379 g/mol. The van der Waals surface area contributed by atoms with Crippen LogP contribution in [0.2, 0.25) is 0 Å². The van der Waals surface area contributed by atoms with Gasteiger partial charge < -0.3 is 9.84 Å². The molecule has 0 saturated carbocycles. The summed E-state index contributed by atoms with van der Waals surface area (Å²) in [5.74, 6) is -0.458. The summed E-state index contributed by atoms with van der Waals surface area (Å²) in [5, 5.41) is 8.66. The van der Waals surface area contributed by atoms with E-state index in [-0.39, 0.29) is 12.0 Å². The van der Waals surface area contributed by atoms with E-state index in [1.807, 2.05) is 6.92 Å². The van der Waals surface area contributed by atoms with Crippen LogP contribution in [0.5, 0.6) is 5.75 Å². The number of carbonyl (C=O) groups is 1. The molecule has 1 aliphatic rings. The van der Waals surface area contributed by atoms with Crippen LogP contribution in [-0.4, -0.2) is 28.6 Å². The van der Waals surface area contributed by atoms with E-state index in [0.717, 1.165) is 23.9 Å². The third-order valence-corrected chi connectivity index (χ3v) is 5.18. The first kappa shape index (κ1) is 19.3. The maximum absolute atomic E-state index is 13.0. The molecule has 0 aromatic heterocycles. The molecule has 27 heavy (non-hydrogen) atoms. The summed E-state index contributed by atoms with van der Waals surface area (Å²) in [6.07, 6.45) is -4.47. The molecule has 1 atom stereocenters. The van der Waals surface area contributed by atoms with Gasteiger partial charge in [0, 0.05) is 11.3 Å². The molecule has 8 heteroatoms. The van der Waals surface area contributed by atoms with Gasteiger partial charge in [-0.25, -0.2) is 0 Å². The molecule has 0 amide bonds. The Morgan fingerprint density at radius 1 is 1.30 bits per heavy atom. The zero-order valence-electron chi connectivity index (χ0n) is 14.3. The van der Waals surface area contributed by atoms with Crippen molar-refractivity contribution in [3.05, 3.63) is 53.6 Å². The zero-order valence-corrected chi connectivity index (χ0v) is 15.1. The molecule has 0 aliphatic carbocycles. The van der Waals surface area contributed by atoms with Crippen molar-refractivity contribution in [3.63, 3.8) is 0 Å². The van der Waals surface area contributed by atoms with Gasteiger partial charge in [0.2, 0.25) is 0 Å².